The number of nitrogens with zero attached hydrogens (tertiary/aromatic N) is 2. The van der Waals surface area contributed by atoms with Crippen LogP contribution >= 0.6 is 11.6 Å². The molecule has 1 aliphatic rings. The second-order valence-corrected chi connectivity index (χ2v) is 5.79. The molecule has 5 heteroatoms. The molecule has 24 heavy (non-hydrogen) atoms. The van der Waals surface area contributed by atoms with Crippen molar-refractivity contribution in [2.45, 2.75) is 13.2 Å². The molecule has 2 aromatic rings. The molecular formula is C19H17ClN2O2. The standard InChI is InChI=1S/C19H17ClN2O2/c1-2-3-15-12-23-18(24-13-15)9-4-14-10-21-19(22-11-14)16-5-7-17(20)8-6-16/h2-3,5-8,10-11,15,18H,12-13H2,1H3/b3-2+/t15-,18-. The second-order valence-electron chi connectivity index (χ2n) is 5.36. The Balaban J connectivity index is 1.62. The second kappa shape index (κ2) is 8.07. The molecular weight excluding hydrogens is 324 g/mol. The molecule has 0 saturated carbocycles. The highest BCUT2D eigenvalue weighted by Gasteiger charge is 2.18. The van der Waals surface area contributed by atoms with Gasteiger partial charge < -0.3 is 9.47 Å². The molecule has 1 aromatic heterocycles. The third kappa shape index (κ3) is 4.42. The Morgan fingerprint density at radius 2 is 1.79 bits per heavy atom. The van der Waals surface area contributed by atoms with E-state index in [-0.39, 0.29) is 0 Å². The average molecular weight is 341 g/mol. The van der Waals surface area contributed by atoms with Crippen LogP contribution in [0.1, 0.15) is 12.5 Å². The van der Waals surface area contributed by atoms with Gasteiger partial charge in [-0.2, -0.15) is 0 Å². The molecule has 0 N–H and O–H groups in total. The molecule has 0 atom stereocenters. The Bertz CT molecular complexity index is 753. The van der Waals surface area contributed by atoms with E-state index < -0.39 is 6.29 Å². The van der Waals surface area contributed by atoms with Gasteiger partial charge in [0, 0.05) is 28.9 Å². The Morgan fingerprint density at radius 1 is 1.12 bits per heavy atom. The number of benzene rings is 1. The van der Waals surface area contributed by atoms with E-state index in [9.17, 15) is 0 Å². The van der Waals surface area contributed by atoms with Crippen LogP contribution in [0.3, 0.4) is 0 Å². The van der Waals surface area contributed by atoms with Crippen LogP contribution in [0.2, 0.25) is 5.02 Å². The minimum absolute atomic E-state index is 0.301. The van der Waals surface area contributed by atoms with Crippen molar-refractivity contribution in [1.29, 1.82) is 0 Å². The molecule has 0 spiro atoms. The lowest BCUT2D eigenvalue weighted by molar-refractivity contribution is -0.160. The fraction of sp³-hybridized carbons (Fsp3) is 0.263. The van der Waals surface area contributed by atoms with Crippen LogP contribution in [0, 0.1) is 17.8 Å². The monoisotopic (exact) mass is 340 g/mol. The van der Waals surface area contributed by atoms with E-state index in [4.69, 9.17) is 21.1 Å². The van der Waals surface area contributed by atoms with Crippen LogP contribution < -0.4 is 0 Å². The highest BCUT2D eigenvalue weighted by molar-refractivity contribution is 6.30. The largest absolute Gasteiger partial charge is 0.341 e. The lowest BCUT2D eigenvalue weighted by Crippen LogP contribution is -2.30. The highest BCUT2D eigenvalue weighted by Crippen LogP contribution is 2.17. The van der Waals surface area contributed by atoms with Crippen LogP contribution in [0.5, 0.6) is 0 Å². The number of hydrogen-bond acceptors (Lipinski definition) is 4. The Labute approximate surface area is 146 Å². The first-order valence-electron chi connectivity index (χ1n) is 7.70. The predicted molar refractivity (Wildman–Crippen MR) is 93.4 cm³/mol. The number of rotatable bonds is 2. The molecule has 0 aliphatic carbocycles. The molecule has 3 rings (SSSR count). The Hall–Kier alpha value is -2.19. The summed E-state index contributed by atoms with van der Waals surface area (Å²) < 4.78 is 11.1. The van der Waals surface area contributed by atoms with E-state index in [2.05, 4.69) is 27.9 Å². The summed E-state index contributed by atoms with van der Waals surface area (Å²) in [6.07, 6.45) is 6.96. The van der Waals surface area contributed by atoms with Crippen molar-refractivity contribution in [3.8, 4) is 23.2 Å². The maximum atomic E-state index is 5.88. The molecule has 1 aliphatic heterocycles. The lowest BCUT2D eigenvalue weighted by Gasteiger charge is -2.24. The molecule has 2 heterocycles. The summed E-state index contributed by atoms with van der Waals surface area (Å²) in [5.74, 6) is 6.87. The third-order valence-corrected chi connectivity index (χ3v) is 3.73. The first-order chi connectivity index (χ1) is 11.7. The first-order valence-corrected chi connectivity index (χ1v) is 8.08. The molecule has 1 aromatic carbocycles. The number of ether oxygens (including phenoxy) is 2. The van der Waals surface area contributed by atoms with Gasteiger partial charge in [0.25, 0.3) is 0 Å². The summed E-state index contributed by atoms with van der Waals surface area (Å²) in [4.78, 5) is 8.66. The molecule has 0 radical (unpaired) electrons. The smallest absolute Gasteiger partial charge is 0.222 e. The van der Waals surface area contributed by atoms with E-state index in [1.807, 2.05) is 37.3 Å². The van der Waals surface area contributed by atoms with E-state index in [1.54, 1.807) is 12.4 Å². The predicted octanol–water partition coefficient (Wildman–Crippen LogP) is 3.71. The minimum Gasteiger partial charge on any atom is -0.341 e. The van der Waals surface area contributed by atoms with Crippen molar-refractivity contribution < 1.29 is 9.47 Å². The van der Waals surface area contributed by atoms with Gasteiger partial charge in [-0.25, -0.2) is 9.97 Å². The van der Waals surface area contributed by atoms with Gasteiger partial charge in [0.1, 0.15) is 0 Å². The normalized spacial score (nSPS) is 20.6. The SMILES string of the molecule is C/C=C/[C@H]1CO[C@H](C#Cc2cnc(-c3ccc(Cl)cc3)nc2)OC1. The van der Waals surface area contributed by atoms with E-state index in [0.717, 1.165) is 11.1 Å². The van der Waals surface area contributed by atoms with Crippen LogP contribution in [0.15, 0.2) is 48.8 Å². The number of hydrogen-bond donors (Lipinski definition) is 0. The number of halogens is 1. The average Bonchev–Trinajstić information content (AvgIpc) is 2.63. The Kier molecular flexibility index (Phi) is 5.60. The summed E-state index contributed by atoms with van der Waals surface area (Å²) in [5, 5.41) is 0.686. The molecule has 0 bridgehead atoms. The van der Waals surface area contributed by atoms with Gasteiger partial charge >= 0.3 is 0 Å². The quantitative estimate of drug-likeness (QED) is 0.617. The fourth-order valence-corrected chi connectivity index (χ4v) is 2.39. The molecule has 4 nitrogen and oxygen atoms in total. The van der Waals surface area contributed by atoms with E-state index >= 15 is 0 Å². The van der Waals surface area contributed by atoms with Gasteiger partial charge in [0.2, 0.25) is 6.29 Å². The van der Waals surface area contributed by atoms with Crippen molar-refractivity contribution >= 4 is 11.6 Å². The Morgan fingerprint density at radius 3 is 2.42 bits per heavy atom. The van der Waals surface area contributed by atoms with Crippen LogP contribution in [0.4, 0.5) is 0 Å². The zero-order valence-electron chi connectivity index (χ0n) is 13.3. The van der Waals surface area contributed by atoms with Crippen molar-refractivity contribution in [3.05, 3.63) is 59.4 Å². The van der Waals surface area contributed by atoms with E-state index in [1.165, 1.54) is 0 Å². The first kappa shape index (κ1) is 16.7. The third-order valence-electron chi connectivity index (χ3n) is 3.48. The molecule has 1 fully saturated rings. The van der Waals surface area contributed by atoms with Crippen molar-refractivity contribution in [1.82, 2.24) is 9.97 Å². The summed E-state index contributed by atoms with van der Waals surface area (Å²) in [5.41, 5.74) is 1.63. The van der Waals surface area contributed by atoms with Crippen molar-refractivity contribution in [2.24, 2.45) is 5.92 Å². The van der Waals surface area contributed by atoms with Gasteiger partial charge in [-0.3, -0.25) is 0 Å². The summed E-state index contributed by atoms with van der Waals surface area (Å²) >= 11 is 5.88. The maximum absolute atomic E-state index is 5.88. The molecule has 0 amide bonds. The zero-order valence-corrected chi connectivity index (χ0v) is 14.0. The van der Waals surface area contributed by atoms with Gasteiger partial charge in [-0.15, -0.1) is 0 Å². The maximum Gasteiger partial charge on any atom is 0.222 e. The molecule has 0 unspecified atom stereocenters. The topological polar surface area (TPSA) is 44.2 Å². The van der Waals surface area contributed by atoms with Crippen LogP contribution in [-0.2, 0) is 9.47 Å². The van der Waals surface area contributed by atoms with Gasteiger partial charge in [0.15, 0.2) is 5.82 Å². The minimum atomic E-state index is -0.498. The molecule has 1 saturated heterocycles. The van der Waals surface area contributed by atoms with Crippen LogP contribution in [-0.4, -0.2) is 29.5 Å². The highest BCUT2D eigenvalue weighted by atomic mass is 35.5. The zero-order chi connectivity index (χ0) is 16.8. The summed E-state index contributed by atoms with van der Waals surface area (Å²) in [6, 6.07) is 7.39. The molecule has 122 valence electrons. The summed E-state index contributed by atoms with van der Waals surface area (Å²) in [7, 11) is 0. The van der Waals surface area contributed by atoms with E-state index in [0.29, 0.717) is 30.0 Å². The fourth-order valence-electron chi connectivity index (χ4n) is 2.27. The number of aromatic nitrogens is 2. The lowest BCUT2D eigenvalue weighted by atomic mass is 10.1. The summed E-state index contributed by atoms with van der Waals surface area (Å²) in [6.45, 7) is 3.23. The van der Waals surface area contributed by atoms with Gasteiger partial charge in [-0.05, 0) is 37.1 Å². The van der Waals surface area contributed by atoms with Gasteiger partial charge in [0.05, 0.1) is 18.8 Å². The van der Waals surface area contributed by atoms with Gasteiger partial charge in [-0.1, -0.05) is 29.7 Å². The van der Waals surface area contributed by atoms with Crippen LogP contribution in [0.25, 0.3) is 11.4 Å². The number of allylic oxidation sites excluding steroid dienone is 1. The van der Waals surface area contributed by atoms with Crippen molar-refractivity contribution in [2.75, 3.05) is 13.2 Å². The van der Waals surface area contributed by atoms with Crippen molar-refractivity contribution in [3.63, 3.8) is 0 Å².